The zero-order chi connectivity index (χ0) is 49.5. The summed E-state index contributed by atoms with van der Waals surface area (Å²) in [7, 11) is 1.71. The van der Waals surface area contributed by atoms with E-state index in [0.29, 0.717) is 0 Å². The van der Waals surface area contributed by atoms with Crippen LogP contribution in [-0.2, 0) is 25.9 Å². The molecule has 0 heterocycles. The molecule has 0 aliphatic heterocycles. The van der Waals surface area contributed by atoms with E-state index in [1.165, 1.54) is 78.9 Å². The number of methoxy groups -OCH3 is 1. The first-order valence-electron chi connectivity index (χ1n) is 25.6. The molecule has 3 nitrogen and oxygen atoms in total. The van der Waals surface area contributed by atoms with Crippen molar-refractivity contribution in [3.8, 4) is 5.75 Å². The summed E-state index contributed by atoms with van der Waals surface area (Å²) in [5.41, 5.74) is 20.0. The highest BCUT2D eigenvalue weighted by Crippen LogP contribution is 2.41. The summed E-state index contributed by atoms with van der Waals surface area (Å²) < 4.78 is 5.60. The average Bonchev–Trinajstić information content (AvgIpc) is 3.45. The third-order valence-electron chi connectivity index (χ3n) is 14.5. The first kappa shape index (κ1) is 46.9. The van der Waals surface area contributed by atoms with Gasteiger partial charge in [-0.3, -0.25) is 0 Å². The van der Waals surface area contributed by atoms with Gasteiger partial charge in [0.1, 0.15) is 5.75 Å². The molecule has 0 aromatic heterocycles. The van der Waals surface area contributed by atoms with Crippen LogP contribution in [0.15, 0.2) is 242 Å². The summed E-state index contributed by atoms with van der Waals surface area (Å²) in [5, 5.41) is 14.9. The number of aliphatic hydroxyl groups excluding tert-OH is 1. The second kappa shape index (κ2) is 21.5. The molecule has 0 fully saturated rings. The van der Waals surface area contributed by atoms with Crippen LogP contribution in [-0.4, -0.2) is 12.2 Å². The highest BCUT2D eigenvalue weighted by molar-refractivity contribution is 6.00. The van der Waals surface area contributed by atoms with Crippen LogP contribution in [0.1, 0.15) is 75.4 Å². The minimum absolute atomic E-state index is 0.00230. The summed E-state index contributed by atoms with van der Waals surface area (Å²) in [6, 6.07) is 83.5. The molecule has 73 heavy (non-hydrogen) atoms. The maximum atomic E-state index is 9.98. The molecule has 1 N–H and O–H groups in total. The van der Waals surface area contributed by atoms with E-state index < -0.39 is 0 Å². The fraction of sp³-hybridized carbons (Fsp3) is 0.114. The lowest BCUT2D eigenvalue weighted by Crippen LogP contribution is -2.12. The summed E-state index contributed by atoms with van der Waals surface area (Å²) >= 11 is 0. The van der Waals surface area contributed by atoms with Crippen LogP contribution in [0.5, 0.6) is 5.75 Å². The van der Waals surface area contributed by atoms with Gasteiger partial charge in [0, 0.05) is 17.1 Å². The summed E-state index contributed by atoms with van der Waals surface area (Å²) in [4.78, 5) is 2.41. The van der Waals surface area contributed by atoms with E-state index in [2.05, 4.69) is 230 Å². The summed E-state index contributed by atoms with van der Waals surface area (Å²) in [5.74, 6) is 0.814. The average molecular weight is 946 g/mol. The summed E-state index contributed by atoms with van der Waals surface area (Å²) in [6.07, 6.45) is 9.96. The molecule has 0 saturated heterocycles. The second-order valence-corrected chi connectivity index (χ2v) is 19.2. The van der Waals surface area contributed by atoms with E-state index in [0.717, 1.165) is 75.5 Å². The van der Waals surface area contributed by atoms with Gasteiger partial charge in [0.05, 0.1) is 13.7 Å². The van der Waals surface area contributed by atoms with Gasteiger partial charge in [-0.2, -0.15) is 0 Å². The van der Waals surface area contributed by atoms with Crippen molar-refractivity contribution < 1.29 is 9.84 Å². The van der Waals surface area contributed by atoms with Crippen molar-refractivity contribution in [3.63, 3.8) is 0 Å². The van der Waals surface area contributed by atoms with Crippen LogP contribution < -0.4 is 9.64 Å². The number of anilines is 3. The molecule has 356 valence electrons. The molecule has 0 spiro atoms. The smallest absolute Gasteiger partial charge is 0.118 e. The Balaban J connectivity index is 0.983. The van der Waals surface area contributed by atoms with Gasteiger partial charge in [0.15, 0.2) is 0 Å². The molecule has 0 unspecified atom stereocenters. The lowest BCUT2D eigenvalue weighted by Gasteiger charge is -2.28. The van der Waals surface area contributed by atoms with Crippen molar-refractivity contribution in [1.82, 2.24) is 0 Å². The summed E-state index contributed by atoms with van der Waals surface area (Å²) in [6.45, 7) is 2.23. The van der Waals surface area contributed by atoms with Crippen LogP contribution in [0.3, 0.4) is 0 Å². The number of hydrogen-bond acceptors (Lipinski definition) is 3. The van der Waals surface area contributed by atoms with Crippen molar-refractivity contribution in [2.75, 3.05) is 12.0 Å². The second-order valence-electron chi connectivity index (χ2n) is 19.2. The number of aryl methyl sites for hydroxylation is 2. The van der Waals surface area contributed by atoms with Crippen molar-refractivity contribution in [1.29, 1.82) is 0 Å². The first-order valence-corrected chi connectivity index (χ1v) is 25.6. The highest BCUT2D eigenvalue weighted by atomic mass is 16.5. The van der Waals surface area contributed by atoms with E-state index in [4.69, 9.17) is 4.74 Å². The topological polar surface area (TPSA) is 32.7 Å². The zero-order valence-electron chi connectivity index (χ0n) is 41.6. The number of allylic oxidation sites excluding steroid dienone is 3. The van der Waals surface area contributed by atoms with Gasteiger partial charge in [-0.05, 0) is 199 Å². The zero-order valence-corrected chi connectivity index (χ0v) is 41.6. The van der Waals surface area contributed by atoms with Gasteiger partial charge in [-0.15, -0.1) is 0 Å². The Bertz CT molecular complexity index is 3510. The van der Waals surface area contributed by atoms with Gasteiger partial charge in [-0.25, -0.2) is 0 Å². The lowest BCUT2D eigenvalue weighted by molar-refractivity contribution is 0.282. The van der Waals surface area contributed by atoms with E-state index >= 15 is 0 Å². The minimum atomic E-state index is -0.00230. The quantitative estimate of drug-likeness (QED) is 0.0871. The predicted molar refractivity (Wildman–Crippen MR) is 308 cm³/mol. The lowest BCUT2D eigenvalue weighted by atomic mass is 9.86. The number of rotatable bonds is 14. The minimum Gasteiger partial charge on any atom is -0.497 e. The molecule has 0 radical (unpaired) electrons. The number of benzene rings is 10. The van der Waals surface area contributed by atoms with E-state index in [1.54, 1.807) is 7.11 Å². The molecule has 11 rings (SSSR count). The van der Waals surface area contributed by atoms with Crippen LogP contribution in [0, 0.1) is 0 Å². The largest absolute Gasteiger partial charge is 0.497 e. The van der Waals surface area contributed by atoms with Gasteiger partial charge in [-0.1, -0.05) is 182 Å². The third kappa shape index (κ3) is 10.3. The van der Waals surface area contributed by atoms with Gasteiger partial charge in [0.25, 0.3) is 0 Å². The van der Waals surface area contributed by atoms with E-state index in [-0.39, 0.29) is 6.61 Å². The van der Waals surface area contributed by atoms with Crippen molar-refractivity contribution >= 4 is 61.4 Å². The molecule has 0 bridgehead atoms. The molecule has 1 aliphatic rings. The fourth-order valence-electron chi connectivity index (χ4n) is 10.7. The van der Waals surface area contributed by atoms with E-state index in [9.17, 15) is 5.11 Å². The molecule has 0 saturated carbocycles. The van der Waals surface area contributed by atoms with Gasteiger partial charge < -0.3 is 14.7 Å². The van der Waals surface area contributed by atoms with Crippen molar-refractivity contribution in [2.24, 2.45) is 0 Å². The maximum Gasteiger partial charge on any atom is 0.118 e. The maximum absolute atomic E-state index is 9.98. The Kier molecular flexibility index (Phi) is 13.8. The van der Waals surface area contributed by atoms with Gasteiger partial charge >= 0.3 is 0 Å². The Morgan fingerprint density at radius 1 is 0.466 bits per heavy atom. The molecule has 1 aliphatic carbocycles. The monoisotopic (exact) mass is 945 g/mol. The Labute approximate surface area is 430 Å². The molecule has 0 atom stereocenters. The van der Waals surface area contributed by atoms with Crippen LogP contribution in [0.4, 0.5) is 17.1 Å². The number of hydrogen-bond donors (Lipinski definition) is 1. The third-order valence-corrected chi connectivity index (χ3v) is 14.5. The molecule has 10 aromatic rings. The predicted octanol–water partition coefficient (Wildman–Crippen LogP) is 17.6. The standard InChI is InChI=1S/C70H59NO2/c1-49(69(62-30-28-53-14-6-9-17-59(53)45-62)63-31-29-54-15-7-10-18-60(54)46-63)20-21-50-24-37-64(38-25-50)71(66-41-32-55-16-8-11-19-61(55)47-66)65-39-33-56(34-40-65)68(44-51-12-4-3-5-13-51)70(57-26-22-52(48-72)23-27-57)58-35-42-67(73-2)43-36-58/h3-7,9-10,12-15,17-18,20-43,45-47,72H,8,11,16,19,44,48H2,1-2H3/b21-20+,70-68+. The normalized spacial score (nSPS) is 12.6. The molecular weight excluding hydrogens is 887 g/mol. The molecule has 3 heteroatoms. The van der Waals surface area contributed by atoms with Crippen molar-refractivity contribution in [2.45, 2.75) is 45.6 Å². The first-order chi connectivity index (χ1) is 36.0. The fourth-order valence-corrected chi connectivity index (χ4v) is 10.7. The molecular formula is C70H59NO2. The van der Waals surface area contributed by atoms with Gasteiger partial charge in [0.2, 0.25) is 0 Å². The Morgan fingerprint density at radius 2 is 0.986 bits per heavy atom. The van der Waals surface area contributed by atoms with E-state index in [1.807, 2.05) is 24.3 Å². The number of nitrogens with zero attached hydrogens (tertiary/aromatic N) is 1. The SMILES string of the molecule is COc1ccc(/C(=C(\Cc2ccccc2)c2ccc(N(c3ccc(/C=C/C(C)=C(c4ccc5ccccc5c4)c4ccc5ccccc5c4)cc3)c3ccc4c(c3)CCCC4)cc2)c2ccc(CO)cc2)cc1. The molecule has 10 aromatic carbocycles. The number of aliphatic hydroxyl groups is 1. The highest BCUT2D eigenvalue weighted by Gasteiger charge is 2.20. The van der Waals surface area contributed by atoms with Crippen LogP contribution in [0.25, 0.3) is 44.3 Å². The van der Waals surface area contributed by atoms with Crippen molar-refractivity contribution in [3.05, 3.63) is 298 Å². The Hall–Kier alpha value is -8.50. The number of fused-ring (bicyclic) bond motifs is 3. The molecule has 0 amide bonds. The van der Waals surface area contributed by atoms with Crippen LogP contribution in [0.2, 0.25) is 0 Å². The van der Waals surface area contributed by atoms with Crippen LogP contribution >= 0.6 is 0 Å². The number of ether oxygens (including phenoxy) is 1. The Morgan fingerprint density at radius 3 is 1.59 bits per heavy atom.